The molecule has 1 aromatic heterocycles. The van der Waals surface area contributed by atoms with Crippen molar-refractivity contribution in [2.75, 3.05) is 74.0 Å². The molecule has 1 N–H and O–H groups in total. The summed E-state index contributed by atoms with van der Waals surface area (Å²) in [6.45, 7) is 20.5. The van der Waals surface area contributed by atoms with Crippen molar-refractivity contribution in [3.8, 4) is 0 Å². The normalized spacial score (nSPS) is 20.7. The summed E-state index contributed by atoms with van der Waals surface area (Å²) in [6, 6.07) is 7.63. The molecule has 4 fully saturated rings. The maximum absolute atomic E-state index is 13.4. The van der Waals surface area contributed by atoms with E-state index in [0.717, 1.165) is 83.3 Å². The Bertz CT molecular complexity index is 1550. The van der Waals surface area contributed by atoms with Crippen LogP contribution in [-0.4, -0.2) is 91.3 Å². The van der Waals surface area contributed by atoms with Crippen molar-refractivity contribution in [2.45, 2.75) is 71.1 Å². The number of rotatable bonds is 6. The third kappa shape index (κ3) is 8.45. The van der Waals surface area contributed by atoms with Gasteiger partial charge in [-0.3, -0.25) is 4.79 Å². The number of aromatic nitrogens is 1. The molecule has 1 spiro atoms. The third-order valence-corrected chi connectivity index (χ3v) is 10.7. The van der Waals surface area contributed by atoms with E-state index in [0.29, 0.717) is 48.8 Å². The smallest absolute Gasteiger partial charge is 0.410 e. The number of benzene rings is 1. The predicted molar refractivity (Wildman–Crippen MR) is 186 cm³/mol. The van der Waals surface area contributed by atoms with Crippen molar-refractivity contribution in [3.05, 3.63) is 53.5 Å². The van der Waals surface area contributed by atoms with Crippen LogP contribution in [0.15, 0.2) is 36.5 Å². The van der Waals surface area contributed by atoms with Crippen molar-refractivity contribution in [1.82, 2.24) is 14.8 Å². The number of carbonyl (C=O) groups excluding carboxylic acids is 2. The fourth-order valence-electron chi connectivity index (χ4n) is 7.90. The molecule has 50 heavy (non-hydrogen) atoms. The highest BCUT2D eigenvalue weighted by Crippen LogP contribution is 2.42. The molecule has 0 atom stereocenters. The first-order valence-corrected chi connectivity index (χ1v) is 17.8. The van der Waals surface area contributed by atoms with E-state index in [1.165, 1.54) is 6.07 Å². The zero-order valence-electron chi connectivity index (χ0n) is 29.3. The second kappa shape index (κ2) is 14.3. The summed E-state index contributed by atoms with van der Waals surface area (Å²) in [5, 5.41) is 2.93. The van der Waals surface area contributed by atoms with E-state index >= 15 is 0 Å². The molecule has 4 aliphatic rings. The molecule has 0 bridgehead atoms. The topological polar surface area (TPSA) is 85.6 Å². The van der Waals surface area contributed by atoms with Crippen molar-refractivity contribution >= 4 is 34.9 Å². The number of pyridine rings is 1. The Labute approximate surface area is 292 Å². The molecular formula is C37H48F3N7O3. The van der Waals surface area contributed by atoms with Gasteiger partial charge in [0.05, 0.1) is 24.0 Å². The van der Waals surface area contributed by atoms with Crippen LogP contribution >= 0.6 is 0 Å². The monoisotopic (exact) mass is 695 g/mol. The van der Waals surface area contributed by atoms with E-state index in [1.54, 1.807) is 6.07 Å². The van der Waals surface area contributed by atoms with Crippen LogP contribution in [0.5, 0.6) is 0 Å². The number of likely N-dealkylation sites (tertiary alicyclic amines) is 2. The zero-order chi connectivity index (χ0) is 35.7. The minimum Gasteiger partial charge on any atom is -0.444 e. The third-order valence-electron chi connectivity index (χ3n) is 10.7. The van der Waals surface area contributed by atoms with E-state index in [4.69, 9.17) is 11.3 Å². The van der Waals surface area contributed by atoms with E-state index in [9.17, 15) is 22.8 Å². The average Bonchev–Trinajstić information content (AvgIpc) is 3.07. The van der Waals surface area contributed by atoms with Gasteiger partial charge in [0.25, 0.3) is 0 Å². The van der Waals surface area contributed by atoms with Crippen LogP contribution in [0.2, 0.25) is 0 Å². The largest absolute Gasteiger partial charge is 0.444 e. The van der Waals surface area contributed by atoms with Crippen molar-refractivity contribution < 1.29 is 27.5 Å². The Morgan fingerprint density at radius 2 is 1.58 bits per heavy atom. The lowest BCUT2D eigenvalue weighted by molar-refractivity contribution is -0.136. The van der Waals surface area contributed by atoms with Gasteiger partial charge in [-0.2, -0.15) is 13.2 Å². The Kier molecular flexibility index (Phi) is 10.2. The number of carbonyl (C=O) groups is 2. The number of halogens is 3. The summed E-state index contributed by atoms with van der Waals surface area (Å²) in [5.74, 6) is 0.717. The number of hydrogen-bond acceptors (Lipinski definition) is 7. The molecule has 2 amide bonds. The molecule has 10 nitrogen and oxygen atoms in total. The molecule has 0 saturated carbocycles. The lowest BCUT2D eigenvalue weighted by atomic mass is 9.71. The summed E-state index contributed by atoms with van der Waals surface area (Å²) in [6.07, 6.45) is 2.36. The van der Waals surface area contributed by atoms with Crippen LogP contribution in [0, 0.1) is 23.8 Å². The summed E-state index contributed by atoms with van der Waals surface area (Å²) >= 11 is 0. The van der Waals surface area contributed by atoms with Gasteiger partial charge in [-0.1, -0.05) is 6.07 Å². The standard InChI is InChI=1S/C37H48F3N7O3/c1-35(2,3)50-34(49)47-15-9-26(10-16-47)23-44-24-36(25-44)13-19-46(20-14-36)29-6-8-32(42-22-29)43-33(48)27-11-17-45(18-12-27)28-5-7-31(41-4)30(21-28)37(38,39)40/h5-8,21-22,26-27H,9-20,23-25H2,1-3H3,(H,42,43,48). The summed E-state index contributed by atoms with van der Waals surface area (Å²) in [4.78, 5) is 41.6. The first kappa shape index (κ1) is 35.8. The van der Waals surface area contributed by atoms with Gasteiger partial charge in [0.15, 0.2) is 5.69 Å². The maximum atomic E-state index is 13.4. The number of anilines is 3. The summed E-state index contributed by atoms with van der Waals surface area (Å²) in [7, 11) is 0. The number of nitrogens with one attached hydrogen (secondary N) is 1. The molecule has 2 aromatic rings. The zero-order valence-corrected chi connectivity index (χ0v) is 29.3. The van der Waals surface area contributed by atoms with Crippen LogP contribution in [0.3, 0.4) is 0 Å². The Balaban J connectivity index is 0.902. The number of nitrogens with zero attached hydrogens (tertiary/aromatic N) is 6. The van der Waals surface area contributed by atoms with Gasteiger partial charge in [-0.15, -0.1) is 0 Å². The first-order chi connectivity index (χ1) is 23.7. The number of hydrogen-bond donors (Lipinski definition) is 1. The van der Waals surface area contributed by atoms with Crippen LogP contribution in [0.1, 0.15) is 64.9 Å². The number of amides is 2. The van der Waals surface area contributed by atoms with Crippen molar-refractivity contribution in [3.63, 3.8) is 0 Å². The average molecular weight is 696 g/mol. The van der Waals surface area contributed by atoms with Crippen molar-refractivity contribution in [1.29, 1.82) is 0 Å². The van der Waals surface area contributed by atoms with Crippen LogP contribution in [-0.2, 0) is 15.7 Å². The number of alkyl halides is 3. The van der Waals surface area contributed by atoms with Gasteiger partial charge in [0.1, 0.15) is 11.4 Å². The molecule has 4 aliphatic heterocycles. The molecule has 270 valence electrons. The highest BCUT2D eigenvalue weighted by Gasteiger charge is 2.45. The quantitative estimate of drug-likeness (QED) is 0.324. The van der Waals surface area contributed by atoms with E-state index in [2.05, 4.69) is 24.9 Å². The molecular weight excluding hydrogens is 647 g/mol. The maximum Gasteiger partial charge on any atom is 0.410 e. The minimum atomic E-state index is -4.60. The molecule has 0 radical (unpaired) electrons. The van der Waals surface area contributed by atoms with Crippen molar-refractivity contribution in [2.24, 2.45) is 17.3 Å². The Morgan fingerprint density at radius 1 is 0.940 bits per heavy atom. The molecule has 4 saturated heterocycles. The van der Waals surface area contributed by atoms with Gasteiger partial charge >= 0.3 is 12.3 Å². The lowest BCUT2D eigenvalue weighted by Gasteiger charge is -2.55. The second-order valence-corrected chi connectivity index (χ2v) is 15.5. The summed E-state index contributed by atoms with van der Waals surface area (Å²) < 4.78 is 45.8. The van der Waals surface area contributed by atoms with E-state index in [-0.39, 0.29) is 17.9 Å². The number of ether oxygens (including phenoxy) is 1. The van der Waals surface area contributed by atoms with Gasteiger partial charge < -0.3 is 29.7 Å². The number of piperidine rings is 3. The molecule has 0 unspecified atom stereocenters. The first-order valence-electron chi connectivity index (χ1n) is 17.8. The lowest BCUT2D eigenvalue weighted by Crippen LogP contribution is -2.61. The molecule has 13 heteroatoms. The minimum absolute atomic E-state index is 0.132. The van der Waals surface area contributed by atoms with Gasteiger partial charge in [-0.25, -0.2) is 14.6 Å². The fraction of sp³-hybridized carbons (Fsp3) is 0.622. The van der Waals surface area contributed by atoms with Gasteiger partial charge in [0.2, 0.25) is 5.91 Å². The Morgan fingerprint density at radius 3 is 2.16 bits per heavy atom. The van der Waals surface area contributed by atoms with Crippen LogP contribution in [0.25, 0.3) is 4.85 Å². The molecule has 6 rings (SSSR count). The van der Waals surface area contributed by atoms with E-state index in [1.807, 2.05) is 48.9 Å². The SMILES string of the molecule is [C-]#[N+]c1ccc(N2CCC(C(=O)Nc3ccc(N4CCC5(CC4)CN(CC4CCN(C(=O)OC(C)(C)C)CC4)C5)cn3)CC2)cc1C(F)(F)F. The second-order valence-electron chi connectivity index (χ2n) is 15.5. The highest BCUT2D eigenvalue weighted by molar-refractivity contribution is 5.92. The van der Waals surface area contributed by atoms with Gasteiger partial charge in [-0.05, 0) is 94.9 Å². The van der Waals surface area contributed by atoms with Crippen LogP contribution < -0.4 is 15.1 Å². The Hall–Kier alpha value is -4.05. The predicted octanol–water partition coefficient (Wildman–Crippen LogP) is 7.06. The molecule has 1 aromatic carbocycles. The molecule has 5 heterocycles. The van der Waals surface area contributed by atoms with Gasteiger partial charge in [0, 0.05) is 70.5 Å². The van der Waals surface area contributed by atoms with Crippen LogP contribution in [0.4, 0.5) is 40.8 Å². The molecule has 0 aliphatic carbocycles. The van der Waals surface area contributed by atoms with E-state index < -0.39 is 23.0 Å². The highest BCUT2D eigenvalue weighted by atomic mass is 19.4. The summed E-state index contributed by atoms with van der Waals surface area (Å²) in [5.41, 5.74) is 0.0273. The fourth-order valence-corrected chi connectivity index (χ4v) is 7.90.